The topological polar surface area (TPSA) is 0 Å². The van der Waals surface area contributed by atoms with Gasteiger partial charge in [0.2, 0.25) is 0 Å². The molecule has 0 N–H and O–H groups in total. The van der Waals surface area contributed by atoms with Crippen molar-refractivity contribution in [3.05, 3.63) is 0 Å². The van der Waals surface area contributed by atoms with E-state index in [9.17, 15) is 0 Å². The molecule has 12 heavy (non-hydrogen) atoms. The van der Waals surface area contributed by atoms with E-state index in [0.717, 1.165) is 17.8 Å². The molecular weight excluding hydrogens is 160 g/mol. The van der Waals surface area contributed by atoms with Crippen molar-refractivity contribution in [1.82, 2.24) is 0 Å². The number of hydrogen-bond donors (Lipinski definition) is 0. The minimum Gasteiger partial charge on any atom is -0.0628 e. The van der Waals surface area contributed by atoms with Crippen LogP contribution in [-0.4, -0.2) is 10.2 Å². The third-order valence-electron chi connectivity index (χ3n) is 3.49. The van der Waals surface area contributed by atoms with Crippen molar-refractivity contribution in [2.24, 2.45) is 17.8 Å². The Morgan fingerprint density at radius 2 is 1.25 bits per heavy atom. The van der Waals surface area contributed by atoms with Gasteiger partial charge >= 0.3 is 0 Å². The predicted molar refractivity (Wildman–Crippen MR) is 61.8 cm³/mol. The van der Waals surface area contributed by atoms with Crippen LogP contribution in [0.5, 0.6) is 0 Å². The van der Waals surface area contributed by atoms with Gasteiger partial charge < -0.3 is 0 Å². The zero-order chi connectivity index (χ0) is 9.94. The van der Waals surface area contributed by atoms with Gasteiger partial charge in [0.05, 0.1) is 0 Å². The normalized spacial score (nSPS) is 13.8. The lowest BCUT2D eigenvalue weighted by molar-refractivity contribution is 0.263. The highest BCUT2D eigenvalue weighted by Gasteiger charge is 2.32. The van der Waals surface area contributed by atoms with Crippen molar-refractivity contribution in [2.75, 3.05) is 0 Å². The molecule has 0 aromatic rings. The first-order valence-electron chi connectivity index (χ1n) is 5.30. The molecule has 0 spiro atoms. The van der Waals surface area contributed by atoms with Gasteiger partial charge in [-0.15, -0.1) is 0 Å². The third-order valence-corrected chi connectivity index (χ3v) is 6.20. The average molecular weight is 186 g/mol. The van der Waals surface area contributed by atoms with Crippen LogP contribution in [0.3, 0.4) is 0 Å². The van der Waals surface area contributed by atoms with Crippen LogP contribution in [0.15, 0.2) is 0 Å². The van der Waals surface area contributed by atoms with Crippen LogP contribution < -0.4 is 0 Å². The fourth-order valence-electron chi connectivity index (χ4n) is 2.02. The van der Waals surface area contributed by atoms with Gasteiger partial charge in [0.15, 0.2) is 0 Å². The Bertz CT molecular complexity index is 117. The lowest BCUT2D eigenvalue weighted by Crippen LogP contribution is -2.27. The van der Waals surface area contributed by atoms with Gasteiger partial charge in [0.25, 0.3) is 0 Å². The van der Waals surface area contributed by atoms with Crippen LogP contribution in [0.25, 0.3) is 0 Å². The van der Waals surface area contributed by atoms with Crippen molar-refractivity contribution < 1.29 is 0 Å². The van der Waals surface area contributed by atoms with Crippen LogP contribution >= 0.6 is 0 Å². The summed E-state index contributed by atoms with van der Waals surface area (Å²) in [5.74, 6) is 2.56. The molecule has 0 aliphatic carbocycles. The maximum absolute atomic E-state index is 2.38. The fraction of sp³-hybridized carbons (Fsp3) is 1.00. The molecule has 0 atom stereocenters. The highest BCUT2D eigenvalue weighted by molar-refractivity contribution is 6.15. The van der Waals surface area contributed by atoms with E-state index in [1.165, 1.54) is 16.7 Å². The van der Waals surface area contributed by atoms with E-state index in [0.29, 0.717) is 5.04 Å². The van der Waals surface area contributed by atoms with Crippen molar-refractivity contribution in [3.63, 3.8) is 0 Å². The molecule has 0 radical (unpaired) electrons. The fourth-order valence-corrected chi connectivity index (χ4v) is 2.83. The minimum absolute atomic E-state index is 0.661. The molecule has 0 aliphatic rings. The van der Waals surface area contributed by atoms with E-state index in [1.54, 1.807) is 0 Å². The smallest absolute Gasteiger partial charge is 0.0113 e. The summed E-state index contributed by atoms with van der Waals surface area (Å²) in [6, 6.07) is 0. The first-order chi connectivity index (χ1) is 5.30. The van der Waals surface area contributed by atoms with Crippen molar-refractivity contribution in [1.29, 1.82) is 0 Å². The summed E-state index contributed by atoms with van der Waals surface area (Å²) >= 11 is 0. The summed E-state index contributed by atoms with van der Waals surface area (Å²) in [5, 5.41) is 0.661. The molecular formula is C11H26Si. The Balaban J connectivity index is 4.40. The number of rotatable bonds is 4. The van der Waals surface area contributed by atoms with Gasteiger partial charge in [0.1, 0.15) is 0 Å². The standard InChI is InChI=1S/C11H26Si/c1-8(2)7-11(12,9(3)4)10(5)6/h8-10H,7H2,1-6,12H3. The maximum Gasteiger partial charge on any atom is 0.0113 e. The van der Waals surface area contributed by atoms with E-state index in [4.69, 9.17) is 0 Å². The second kappa shape index (κ2) is 4.45. The first kappa shape index (κ1) is 12.2. The molecule has 0 amide bonds. The SMILES string of the molecule is CC(C)CC([SiH3])(C(C)C)C(C)C. The highest BCUT2D eigenvalue weighted by Crippen LogP contribution is 2.45. The third kappa shape index (κ3) is 2.93. The van der Waals surface area contributed by atoms with E-state index in [2.05, 4.69) is 41.5 Å². The van der Waals surface area contributed by atoms with Crippen LogP contribution in [0.1, 0.15) is 48.0 Å². The van der Waals surface area contributed by atoms with Gasteiger partial charge in [-0.3, -0.25) is 0 Å². The summed E-state index contributed by atoms with van der Waals surface area (Å²) in [7, 11) is 1.34. The molecule has 0 heterocycles. The maximum atomic E-state index is 2.38. The lowest BCUT2D eigenvalue weighted by atomic mass is 9.78. The van der Waals surface area contributed by atoms with Crippen molar-refractivity contribution in [3.8, 4) is 0 Å². The summed E-state index contributed by atoms with van der Waals surface area (Å²) in [4.78, 5) is 0. The first-order valence-corrected chi connectivity index (χ1v) is 6.30. The Morgan fingerprint density at radius 3 is 1.33 bits per heavy atom. The molecule has 0 rings (SSSR count). The van der Waals surface area contributed by atoms with E-state index >= 15 is 0 Å². The van der Waals surface area contributed by atoms with Crippen LogP contribution in [0.2, 0.25) is 5.04 Å². The summed E-state index contributed by atoms with van der Waals surface area (Å²) in [6.07, 6.45) is 1.41. The molecule has 0 saturated heterocycles. The largest absolute Gasteiger partial charge is 0.0628 e. The van der Waals surface area contributed by atoms with Crippen LogP contribution in [0, 0.1) is 17.8 Å². The molecule has 0 nitrogen and oxygen atoms in total. The number of hydrogen-bond acceptors (Lipinski definition) is 0. The molecule has 74 valence electrons. The monoisotopic (exact) mass is 186 g/mol. The zero-order valence-corrected chi connectivity index (χ0v) is 11.9. The Morgan fingerprint density at radius 1 is 0.917 bits per heavy atom. The summed E-state index contributed by atoms with van der Waals surface area (Å²) in [6.45, 7) is 14.2. The molecule has 0 saturated carbocycles. The molecule has 0 unspecified atom stereocenters. The van der Waals surface area contributed by atoms with Crippen molar-refractivity contribution >= 4 is 10.2 Å². The summed E-state index contributed by atoms with van der Waals surface area (Å²) in [5.41, 5.74) is 0. The van der Waals surface area contributed by atoms with Crippen LogP contribution in [-0.2, 0) is 0 Å². The predicted octanol–water partition coefficient (Wildman–Crippen LogP) is 2.87. The van der Waals surface area contributed by atoms with E-state index in [-0.39, 0.29) is 0 Å². The molecule has 0 fully saturated rings. The summed E-state index contributed by atoms with van der Waals surface area (Å²) < 4.78 is 0. The van der Waals surface area contributed by atoms with Gasteiger partial charge in [-0.2, -0.15) is 0 Å². The molecule has 1 heteroatoms. The molecule has 0 aromatic carbocycles. The van der Waals surface area contributed by atoms with Crippen molar-refractivity contribution in [2.45, 2.75) is 53.0 Å². The van der Waals surface area contributed by atoms with Gasteiger partial charge in [-0.1, -0.05) is 41.5 Å². The Hall–Kier alpha value is 0.217. The van der Waals surface area contributed by atoms with Crippen LogP contribution in [0.4, 0.5) is 0 Å². The Labute approximate surface area is 81.6 Å². The minimum atomic E-state index is 0.661. The lowest BCUT2D eigenvalue weighted by Gasteiger charge is -2.39. The molecule has 0 bridgehead atoms. The molecule has 0 aliphatic heterocycles. The average Bonchev–Trinajstić information content (AvgIpc) is 1.84. The molecule has 0 aromatic heterocycles. The second-order valence-electron chi connectivity index (χ2n) is 5.41. The quantitative estimate of drug-likeness (QED) is 0.592. The Kier molecular flexibility index (Phi) is 4.53. The van der Waals surface area contributed by atoms with Gasteiger partial charge in [0, 0.05) is 10.2 Å². The second-order valence-corrected chi connectivity index (χ2v) is 7.27. The zero-order valence-electron chi connectivity index (χ0n) is 9.94. The highest BCUT2D eigenvalue weighted by atomic mass is 28.1. The van der Waals surface area contributed by atoms with Gasteiger partial charge in [-0.25, -0.2) is 0 Å². The van der Waals surface area contributed by atoms with E-state index in [1.807, 2.05) is 0 Å². The van der Waals surface area contributed by atoms with E-state index < -0.39 is 0 Å². The van der Waals surface area contributed by atoms with Gasteiger partial charge in [-0.05, 0) is 29.2 Å².